The van der Waals surface area contributed by atoms with Crippen LogP contribution in [0.4, 0.5) is 0 Å². The third-order valence-corrected chi connectivity index (χ3v) is 2.97. The van der Waals surface area contributed by atoms with Gasteiger partial charge in [0.25, 0.3) is 0 Å². The Bertz CT molecular complexity index is 163. The SMILES string of the molecule is O=C([O-])CCC[NH+]1CCCCCCC1. The fourth-order valence-corrected chi connectivity index (χ4v) is 2.14. The molecule has 0 saturated carbocycles. The molecule has 1 saturated heterocycles. The van der Waals surface area contributed by atoms with Crippen LogP contribution in [0.25, 0.3) is 0 Å². The van der Waals surface area contributed by atoms with E-state index in [0.29, 0.717) is 0 Å². The first-order valence-electron chi connectivity index (χ1n) is 5.82. The van der Waals surface area contributed by atoms with Gasteiger partial charge in [0.2, 0.25) is 0 Å². The van der Waals surface area contributed by atoms with E-state index in [1.54, 1.807) is 4.90 Å². The normalized spacial score (nSPS) is 20.0. The molecule has 0 aromatic carbocycles. The zero-order valence-electron chi connectivity index (χ0n) is 8.89. The number of quaternary nitrogens is 1. The van der Waals surface area contributed by atoms with Gasteiger partial charge in [0, 0.05) is 12.4 Å². The predicted octanol–water partition coefficient (Wildman–Crippen LogP) is -0.634. The van der Waals surface area contributed by atoms with Gasteiger partial charge >= 0.3 is 0 Å². The van der Waals surface area contributed by atoms with Crippen LogP contribution < -0.4 is 10.0 Å². The lowest BCUT2D eigenvalue weighted by molar-refractivity contribution is -0.901. The standard InChI is InChI=1S/C11H21NO2/c13-11(14)7-6-10-12-8-4-2-1-3-5-9-12/h1-10H2,(H,13,14). The first kappa shape index (κ1) is 11.5. The minimum atomic E-state index is -0.906. The molecule has 14 heavy (non-hydrogen) atoms. The van der Waals surface area contributed by atoms with Crippen molar-refractivity contribution in [3.05, 3.63) is 0 Å². The molecule has 0 aromatic rings. The minimum absolute atomic E-state index is 0.226. The summed E-state index contributed by atoms with van der Waals surface area (Å²) in [4.78, 5) is 11.8. The Kier molecular flexibility index (Phi) is 5.60. The molecular weight excluding hydrogens is 178 g/mol. The van der Waals surface area contributed by atoms with E-state index >= 15 is 0 Å². The van der Waals surface area contributed by atoms with Crippen molar-refractivity contribution in [2.45, 2.75) is 44.9 Å². The molecule has 0 aromatic heterocycles. The molecular formula is C11H21NO2. The summed E-state index contributed by atoms with van der Waals surface area (Å²) >= 11 is 0. The highest BCUT2D eigenvalue weighted by Crippen LogP contribution is 2.02. The number of carboxylic acid groups (broad SMARTS) is 1. The molecule has 0 atom stereocenters. The number of aliphatic carboxylic acids is 1. The molecule has 0 bridgehead atoms. The Hall–Kier alpha value is -0.570. The second kappa shape index (κ2) is 6.82. The first-order valence-corrected chi connectivity index (χ1v) is 5.82. The van der Waals surface area contributed by atoms with Gasteiger partial charge in [-0.15, -0.1) is 0 Å². The molecule has 1 heterocycles. The van der Waals surface area contributed by atoms with Gasteiger partial charge in [-0.1, -0.05) is 6.42 Å². The molecule has 1 rings (SSSR count). The van der Waals surface area contributed by atoms with Crippen LogP contribution in [0.1, 0.15) is 44.9 Å². The number of carbonyl (C=O) groups excluding carboxylic acids is 1. The van der Waals surface area contributed by atoms with Crippen molar-refractivity contribution in [2.24, 2.45) is 0 Å². The maximum Gasteiger partial charge on any atom is 0.0774 e. The van der Waals surface area contributed by atoms with Gasteiger partial charge in [-0.2, -0.15) is 0 Å². The highest BCUT2D eigenvalue weighted by atomic mass is 16.4. The third kappa shape index (κ3) is 5.22. The van der Waals surface area contributed by atoms with Gasteiger partial charge in [0.05, 0.1) is 19.6 Å². The summed E-state index contributed by atoms with van der Waals surface area (Å²) in [5.41, 5.74) is 0. The third-order valence-electron chi connectivity index (χ3n) is 2.97. The van der Waals surface area contributed by atoms with Gasteiger partial charge in [-0.05, 0) is 32.1 Å². The number of carbonyl (C=O) groups is 1. The van der Waals surface area contributed by atoms with E-state index in [4.69, 9.17) is 0 Å². The predicted molar refractivity (Wildman–Crippen MR) is 52.9 cm³/mol. The van der Waals surface area contributed by atoms with Gasteiger partial charge in [-0.25, -0.2) is 0 Å². The van der Waals surface area contributed by atoms with Crippen molar-refractivity contribution in [2.75, 3.05) is 19.6 Å². The Morgan fingerprint density at radius 3 is 2.21 bits per heavy atom. The van der Waals surface area contributed by atoms with Crippen molar-refractivity contribution in [3.63, 3.8) is 0 Å². The average Bonchev–Trinajstić information content (AvgIpc) is 2.07. The monoisotopic (exact) mass is 199 g/mol. The molecule has 0 spiro atoms. The van der Waals surface area contributed by atoms with Crippen molar-refractivity contribution < 1.29 is 14.8 Å². The summed E-state index contributed by atoms with van der Waals surface area (Å²) in [6.45, 7) is 3.47. The molecule has 1 fully saturated rings. The Labute approximate surface area is 86.1 Å². The fourth-order valence-electron chi connectivity index (χ4n) is 2.14. The van der Waals surface area contributed by atoms with E-state index < -0.39 is 5.97 Å². The molecule has 0 unspecified atom stereocenters. The number of rotatable bonds is 4. The van der Waals surface area contributed by atoms with E-state index in [0.717, 1.165) is 13.0 Å². The van der Waals surface area contributed by atoms with E-state index in [9.17, 15) is 9.90 Å². The number of hydrogen-bond donors (Lipinski definition) is 1. The number of nitrogens with one attached hydrogen (secondary N) is 1. The Morgan fingerprint density at radius 1 is 1.07 bits per heavy atom. The van der Waals surface area contributed by atoms with Gasteiger partial charge in [-0.3, -0.25) is 0 Å². The lowest BCUT2D eigenvalue weighted by Gasteiger charge is -2.21. The van der Waals surface area contributed by atoms with Crippen LogP contribution in [0.15, 0.2) is 0 Å². The summed E-state index contributed by atoms with van der Waals surface area (Å²) in [6.07, 6.45) is 7.70. The van der Waals surface area contributed by atoms with Gasteiger partial charge in [0.1, 0.15) is 0 Å². The van der Waals surface area contributed by atoms with Gasteiger partial charge in [0.15, 0.2) is 0 Å². The van der Waals surface area contributed by atoms with E-state index in [-0.39, 0.29) is 6.42 Å². The van der Waals surface area contributed by atoms with Crippen molar-refractivity contribution >= 4 is 5.97 Å². The highest BCUT2D eigenvalue weighted by molar-refractivity contribution is 5.64. The van der Waals surface area contributed by atoms with Crippen molar-refractivity contribution in [1.82, 2.24) is 0 Å². The number of hydrogen-bond acceptors (Lipinski definition) is 2. The quantitative estimate of drug-likeness (QED) is 0.655. The minimum Gasteiger partial charge on any atom is -0.550 e. The molecule has 1 aliphatic rings. The van der Waals surface area contributed by atoms with Crippen LogP contribution >= 0.6 is 0 Å². The summed E-state index contributed by atoms with van der Waals surface area (Å²) in [6, 6.07) is 0. The Morgan fingerprint density at radius 2 is 1.64 bits per heavy atom. The molecule has 82 valence electrons. The summed E-state index contributed by atoms with van der Waals surface area (Å²) < 4.78 is 0. The fraction of sp³-hybridized carbons (Fsp3) is 0.909. The van der Waals surface area contributed by atoms with E-state index in [1.807, 2.05) is 0 Å². The molecule has 1 N–H and O–H groups in total. The van der Waals surface area contributed by atoms with Crippen LogP contribution in [0.3, 0.4) is 0 Å². The van der Waals surface area contributed by atoms with Crippen molar-refractivity contribution in [3.8, 4) is 0 Å². The van der Waals surface area contributed by atoms with Crippen LogP contribution in [0, 0.1) is 0 Å². The first-order chi connectivity index (χ1) is 6.79. The van der Waals surface area contributed by atoms with Crippen LogP contribution in [-0.4, -0.2) is 25.6 Å². The molecule has 0 aliphatic carbocycles. The summed E-state index contributed by atoms with van der Waals surface area (Å²) in [5.74, 6) is -0.906. The second-order valence-corrected chi connectivity index (χ2v) is 4.24. The number of likely N-dealkylation sites (tertiary alicyclic amines) is 1. The molecule has 0 radical (unpaired) electrons. The lowest BCUT2D eigenvalue weighted by Crippen LogP contribution is -3.12. The van der Waals surface area contributed by atoms with E-state index in [2.05, 4.69) is 0 Å². The zero-order valence-corrected chi connectivity index (χ0v) is 8.89. The van der Waals surface area contributed by atoms with Crippen molar-refractivity contribution in [1.29, 1.82) is 0 Å². The zero-order chi connectivity index (χ0) is 10.2. The molecule has 3 nitrogen and oxygen atoms in total. The molecule has 1 aliphatic heterocycles. The Balaban J connectivity index is 2.10. The van der Waals surface area contributed by atoms with Gasteiger partial charge < -0.3 is 14.8 Å². The maximum absolute atomic E-state index is 10.2. The lowest BCUT2D eigenvalue weighted by atomic mass is 10.1. The van der Waals surface area contributed by atoms with Crippen LogP contribution in [-0.2, 0) is 4.79 Å². The summed E-state index contributed by atoms with van der Waals surface area (Å²) in [5, 5.41) is 10.2. The van der Waals surface area contributed by atoms with Crippen LogP contribution in [0.5, 0.6) is 0 Å². The molecule has 0 amide bonds. The van der Waals surface area contributed by atoms with E-state index in [1.165, 1.54) is 45.2 Å². The second-order valence-electron chi connectivity index (χ2n) is 4.24. The molecule has 3 heteroatoms. The average molecular weight is 199 g/mol. The highest BCUT2D eigenvalue weighted by Gasteiger charge is 2.10. The topological polar surface area (TPSA) is 44.6 Å². The number of carboxylic acids is 1. The maximum atomic E-state index is 10.2. The summed E-state index contributed by atoms with van der Waals surface area (Å²) in [7, 11) is 0. The largest absolute Gasteiger partial charge is 0.550 e. The smallest absolute Gasteiger partial charge is 0.0774 e. The van der Waals surface area contributed by atoms with Crippen LogP contribution in [0.2, 0.25) is 0 Å².